The summed E-state index contributed by atoms with van der Waals surface area (Å²) in [6.45, 7) is 6.08. The van der Waals surface area contributed by atoms with Crippen molar-refractivity contribution in [2.24, 2.45) is 5.92 Å². The standard InChI is InChI=1S/C13H24N2/c1-2-13-7-6-11-15(12-8-13)10-5-3-4-9-14/h13H,2-8,10-12H2,1H3. The maximum atomic E-state index is 8.45. The Balaban J connectivity index is 2.12. The molecule has 2 nitrogen and oxygen atoms in total. The Hall–Kier alpha value is -0.550. The highest BCUT2D eigenvalue weighted by atomic mass is 15.1. The van der Waals surface area contributed by atoms with Gasteiger partial charge in [0.25, 0.3) is 0 Å². The van der Waals surface area contributed by atoms with Crippen LogP contribution in [-0.2, 0) is 0 Å². The van der Waals surface area contributed by atoms with Crippen LogP contribution in [0.3, 0.4) is 0 Å². The smallest absolute Gasteiger partial charge is 0.0621 e. The molecule has 0 spiro atoms. The summed E-state index contributed by atoms with van der Waals surface area (Å²) in [5, 5.41) is 8.45. The third-order valence-corrected chi connectivity index (χ3v) is 3.53. The van der Waals surface area contributed by atoms with Crippen LogP contribution in [-0.4, -0.2) is 24.5 Å². The molecule has 0 radical (unpaired) electrons. The first-order valence-electron chi connectivity index (χ1n) is 6.46. The summed E-state index contributed by atoms with van der Waals surface area (Å²) in [6, 6.07) is 2.22. The largest absolute Gasteiger partial charge is 0.303 e. The van der Waals surface area contributed by atoms with E-state index in [1.807, 2.05) is 0 Å². The molecule has 1 aliphatic rings. The molecule has 0 N–H and O–H groups in total. The minimum Gasteiger partial charge on any atom is -0.303 e. The number of nitriles is 1. The molecule has 1 aliphatic heterocycles. The van der Waals surface area contributed by atoms with Crippen LogP contribution in [0.1, 0.15) is 51.9 Å². The predicted molar refractivity (Wildman–Crippen MR) is 63.5 cm³/mol. The van der Waals surface area contributed by atoms with Crippen molar-refractivity contribution in [2.45, 2.75) is 51.9 Å². The minimum absolute atomic E-state index is 0.728. The van der Waals surface area contributed by atoms with E-state index < -0.39 is 0 Å². The van der Waals surface area contributed by atoms with Gasteiger partial charge in [0.1, 0.15) is 0 Å². The van der Waals surface area contributed by atoms with E-state index in [0.29, 0.717) is 0 Å². The van der Waals surface area contributed by atoms with Gasteiger partial charge in [-0.05, 0) is 57.7 Å². The highest BCUT2D eigenvalue weighted by Gasteiger charge is 2.14. The van der Waals surface area contributed by atoms with Crippen molar-refractivity contribution in [1.29, 1.82) is 5.26 Å². The van der Waals surface area contributed by atoms with Crippen molar-refractivity contribution in [2.75, 3.05) is 19.6 Å². The van der Waals surface area contributed by atoms with Crippen molar-refractivity contribution in [3.8, 4) is 6.07 Å². The van der Waals surface area contributed by atoms with Crippen LogP contribution < -0.4 is 0 Å². The maximum Gasteiger partial charge on any atom is 0.0621 e. The molecule has 1 unspecified atom stereocenters. The zero-order valence-corrected chi connectivity index (χ0v) is 10.0. The van der Waals surface area contributed by atoms with Crippen molar-refractivity contribution in [1.82, 2.24) is 4.90 Å². The summed E-state index contributed by atoms with van der Waals surface area (Å²) in [5.74, 6) is 0.967. The molecular formula is C13H24N2. The number of hydrogen-bond acceptors (Lipinski definition) is 2. The fourth-order valence-electron chi connectivity index (χ4n) is 2.40. The molecule has 0 aromatic heterocycles. The molecule has 0 aromatic carbocycles. The van der Waals surface area contributed by atoms with Crippen LogP contribution in [0.25, 0.3) is 0 Å². The second-order valence-electron chi connectivity index (χ2n) is 4.66. The number of nitrogens with zero attached hydrogens (tertiary/aromatic N) is 2. The molecule has 0 aromatic rings. The van der Waals surface area contributed by atoms with Crippen LogP contribution in [0.5, 0.6) is 0 Å². The van der Waals surface area contributed by atoms with Crippen molar-refractivity contribution in [3.63, 3.8) is 0 Å². The second-order valence-corrected chi connectivity index (χ2v) is 4.66. The fraction of sp³-hybridized carbons (Fsp3) is 0.923. The van der Waals surface area contributed by atoms with Crippen molar-refractivity contribution in [3.05, 3.63) is 0 Å². The van der Waals surface area contributed by atoms with Gasteiger partial charge in [0.05, 0.1) is 6.07 Å². The van der Waals surface area contributed by atoms with E-state index in [1.165, 1.54) is 51.7 Å². The minimum atomic E-state index is 0.728. The zero-order chi connectivity index (χ0) is 10.9. The van der Waals surface area contributed by atoms with Gasteiger partial charge in [-0.1, -0.05) is 13.3 Å². The molecule has 1 fully saturated rings. The quantitative estimate of drug-likeness (QED) is 0.649. The van der Waals surface area contributed by atoms with Gasteiger partial charge in [0, 0.05) is 6.42 Å². The molecule has 0 aliphatic carbocycles. The molecule has 2 heteroatoms. The third-order valence-electron chi connectivity index (χ3n) is 3.53. The summed E-state index contributed by atoms with van der Waals surface area (Å²) >= 11 is 0. The van der Waals surface area contributed by atoms with Crippen molar-refractivity contribution >= 4 is 0 Å². The summed E-state index contributed by atoms with van der Waals surface area (Å²) in [6.07, 6.45) is 8.53. The van der Waals surface area contributed by atoms with Crippen LogP contribution >= 0.6 is 0 Å². The van der Waals surface area contributed by atoms with Crippen LogP contribution in [0.2, 0.25) is 0 Å². The van der Waals surface area contributed by atoms with Crippen LogP contribution in [0.15, 0.2) is 0 Å². The number of hydrogen-bond donors (Lipinski definition) is 0. The summed E-state index contributed by atoms with van der Waals surface area (Å²) in [4.78, 5) is 2.59. The van der Waals surface area contributed by atoms with Crippen LogP contribution in [0, 0.1) is 17.2 Å². The summed E-state index contributed by atoms with van der Waals surface area (Å²) in [5.41, 5.74) is 0. The zero-order valence-electron chi connectivity index (χ0n) is 10.0. The van der Waals surface area contributed by atoms with Gasteiger partial charge >= 0.3 is 0 Å². The Morgan fingerprint density at radius 1 is 1.27 bits per heavy atom. The Morgan fingerprint density at radius 2 is 2.13 bits per heavy atom. The molecule has 0 saturated carbocycles. The summed E-state index contributed by atoms with van der Waals surface area (Å²) in [7, 11) is 0. The molecule has 0 amide bonds. The Labute approximate surface area is 94.3 Å². The lowest BCUT2D eigenvalue weighted by molar-refractivity contribution is 0.274. The van der Waals surface area contributed by atoms with E-state index in [-0.39, 0.29) is 0 Å². The van der Waals surface area contributed by atoms with E-state index in [2.05, 4.69) is 17.9 Å². The molecule has 1 rings (SSSR count). The molecule has 0 bridgehead atoms. The number of rotatable bonds is 5. The molecular weight excluding hydrogens is 184 g/mol. The highest BCUT2D eigenvalue weighted by molar-refractivity contribution is 4.71. The average molecular weight is 208 g/mol. The monoisotopic (exact) mass is 208 g/mol. The maximum absolute atomic E-state index is 8.45. The Kier molecular flexibility index (Phi) is 6.43. The van der Waals surface area contributed by atoms with Crippen molar-refractivity contribution < 1.29 is 0 Å². The topological polar surface area (TPSA) is 27.0 Å². The van der Waals surface area contributed by atoms with E-state index in [4.69, 9.17) is 5.26 Å². The van der Waals surface area contributed by atoms with Gasteiger partial charge in [-0.15, -0.1) is 0 Å². The van der Waals surface area contributed by atoms with Gasteiger partial charge < -0.3 is 4.90 Å². The Bertz CT molecular complexity index is 195. The van der Waals surface area contributed by atoms with Gasteiger partial charge in [0.15, 0.2) is 0 Å². The first kappa shape index (κ1) is 12.5. The van der Waals surface area contributed by atoms with E-state index in [1.54, 1.807) is 0 Å². The molecule has 1 heterocycles. The van der Waals surface area contributed by atoms with Gasteiger partial charge in [-0.3, -0.25) is 0 Å². The highest BCUT2D eigenvalue weighted by Crippen LogP contribution is 2.20. The van der Waals surface area contributed by atoms with E-state index >= 15 is 0 Å². The molecule has 86 valence electrons. The SMILES string of the molecule is CCC1CCCN(CCCCC#N)CC1. The molecule has 1 saturated heterocycles. The first-order chi connectivity index (χ1) is 7.36. The normalized spacial score (nSPS) is 23.3. The van der Waals surface area contributed by atoms with Gasteiger partial charge in [-0.2, -0.15) is 5.26 Å². The predicted octanol–water partition coefficient (Wildman–Crippen LogP) is 3.19. The molecule has 1 atom stereocenters. The number of likely N-dealkylation sites (tertiary alicyclic amines) is 1. The van der Waals surface area contributed by atoms with E-state index in [9.17, 15) is 0 Å². The second kappa shape index (κ2) is 7.70. The van der Waals surface area contributed by atoms with E-state index in [0.717, 1.165) is 18.8 Å². The Morgan fingerprint density at radius 3 is 2.87 bits per heavy atom. The lowest BCUT2D eigenvalue weighted by atomic mass is 9.98. The number of unbranched alkanes of at least 4 members (excludes halogenated alkanes) is 2. The van der Waals surface area contributed by atoms with Gasteiger partial charge in [0.2, 0.25) is 0 Å². The lowest BCUT2D eigenvalue weighted by Gasteiger charge is -2.19. The molecule has 15 heavy (non-hydrogen) atoms. The average Bonchev–Trinajstić information content (AvgIpc) is 2.49. The van der Waals surface area contributed by atoms with Gasteiger partial charge in [-0.25, -0.2) is 0 Å². The van der Waals surface area contributed by atoms with Crippen LogP contribution in [0.4, 0.5) is 0 Å². The first-order valence-corrected chi connectivity index (χ1v) is 6.46. The fourth-order valence-corrected chi connectivity index (χ4v) is 2.40. The summed E-state index contributed by atoms with van der Waals surface area (Å²) < 4.78 is 0. The lowest BCUT2D eigenvalue weighted by Crippen LogP contribution is -2.25. The third kappa shape index (κ3) is 5.18.